The summed E-state index contributed by atoms with van der Waals surface area (Å²) in [5, 5.41) is 0. The van der Waals surface area contributed by atoms with Crippen molar-refractivity contribution in [2.75, 3.05) is 19.5 Å². The van der Waals surface area contributed by atoms with Crippen LogP contribution in [0.15, 0.2) is 53.4 Å². The van der Waals surface area contributed by atoms with Crippen LogP contribution in [0.2, 0.25) is 0 Å². The van der Waals surface area contributed by atoms with Crippen molar-refractivity contribution in [3.63, 3.8) is 0 Å². The van der Waals surface area contributed by atoms with Gasteiger partial charge in [-0.25, -0.2) is 0 Å². The molecular weight excluding hydrogens is 350 g/mol. The molecule has 0 saturated heterocycles. The summed E-state index contributed by atoms with van der Waals surface area (Å²) in [6.45, 7) is 10.5. The average molecular weight is 388 g/mol. The molecule has 3 heteroatoms. The van der Waals surface area contributed by atoms with Gasteiger partial charge in [0.15, 0.2) is 0 Å². The molecule has 0 bridgehead atoms. The third-order valence-corrected chi connectivity index (χ3v) is 5.21. The minimum Gasteiger partial charge on any atom is -0.478 e. The Bertz CT molecular complexity index is 596. The van der Waals surface area contributed by atoms with Gasteiger partial charge in [-0.15, -0.1) is 11.8 Å². The second-order valence-corrected chi connectivity index (χ2v) is 7.95. The van der Waals surface area contributed by atoms with Crippen LogP contribution in [0.1, 0.15) is 58.1 Å². The fourth-order valence-corrected chi connectivity index (χ4v) is 3.62. The Labute approximate surface area is 171 Å². The molecule has 27 heavy (non-hydrogen) atoms. The lowest BCUT2D eigenvalue weighted by atomic mass is 10.2. The number of rotatable bonds is 5. The third kappa shape index (κ3) is 9.34. The highest BCUT2D eigenvalue weighted by atomic mass is 32.2. The first-order chi connectivity index (χ1) is 13.2. The predicted octanol–water partition coefficient (Wildman–Crippen LogP) is 7.03. The number of fused-ring (bicyclic) bond motifs is 1. The second kappa shape index (κ2) is 14.6. The fourth-order valence-electron chi connectivity index (χ4n) is 2.74. The molecule has 3 rings (SSSR count). The standard InChI is InChI=1S/C10H14S.C9H11NO.C5H12/c1-3-9-7-5-6-8-10(9)11-4-2;1-10-6-8-4-2-3-5-9(8)11-7-10;1-3-5-4-2/h5-8H,3-4H2,1-2H3;2-5H,6-7H2,1H3;3-5H2,1-2H3. The van der Waals surface area contributed by atoms with E-state index in [2.05, 4.69) is 70.0 Å². The SMILES string of the molecule is CCCCC.CCSc1ccccc1CC.CN1COc2ccccc2C1. The molecule has 2 aromatic carbocycles. The number of para-hydroxylation sites is 1. The van der Waals surface area contributed by atoms with E-state index < -0.39 is 0 Å². The quantitative estimate of drug-likeness (QED) is 0.511. The highest BCUT2D eigenvalue weighted by Gasteiger charge is 2.11. The highest BCUT2D eigenvalue weighted by molar-refractivity contribution is 7.99. The summed E-state index contributed by atoms with van der Waals surface area (Å²) in [6.07, 6.45) is 5.22. The molecule has 1 heterocycles. The minimum absolute atomic E-state index is 0.705. The van der Waals surface area contributed by atoms with Gasteiger partial charge in [-0.2, -0.15) is 0 Å². The molecule has 1 aliphatic heterocycles. The van der Waals surface area contributed by atoms with Crippen molar-refractivity contribution in [2.45, 2.75) is 64.8 Å². The highest BCUT2D eigenvalue weighted by Crippen LogP contribution is 2.23. The summed E-state index contributed by atoms with van der Waals surface area (Å²) in [5.41, 5.74) is 2.75. The minimum atomic E-state index is 0.705. The number of nitrogens with zero attached hydrogens (tertiary/aromatic N) is 1. The molecular formula is C24H37NOS. The third-order valence-electron chi connectivity index (χ3n) is 4.21. The number of hydrogen-bond acceptors (Lipinski definition) is 3. The Kier molecular flexibility index (Phi) is 12.7. The molecule has 0 atom stereocenters. The first-order valence-corrected chi connectivity index (χ1v) is 11.2. The van der Waals surface area contributed by atoms with Crippen molar-refractivity contribution in [1.82, 2.24) is 4.90 Å². The van der Waals surface area contributed by atoms with Gasteiger partial charge in [-0.1, -0.05) is 83.4 Å². The Morgan fingerprint density at radius 1 is 0.926 bits per heavy atom. The van der Waals surface area contributed by atoms with Crippen molar-refractivity contribution in [3.05, 3.63) is 59.7 Å². The van der Waals surface area contributed by atoms with E-state index in [1.807, 2.05) is 30.0 Å². The molecule has 0 N–H and O–H groups in total. The largest absolute Gasteiger partial charge is 0.478 e. The van der Waals surface area contributed by atoms with Gasteiger partial charge in [-0.3, -0.25) is 4.90 Å². The monoisotopic (exact) mass is 387 g/mol. The van der Waals surface area contributed by atoms with Crippen LogP contribution in [0.25, 0.3) is 0 Å². The summed E-state index contributed by atoms with van der Waals surface area (Å²) in [5.74, 6) is 2.20. The van der Waals surface area contributed by atoms with Gasteiger partial charge in [0.2, 0.25) is 0 Å². The first kappa shape index (κ1) is 23.6. The topological polar surface area (TPSA) is 12.5 Å². The van der Waals surface area contributed by atoms with Crippen LogP contribution in [0, 0.1) is 0 Å². The van der Waals surface area contributed by atoms with Gasteiger partial charge >= 0.3 is 0 Å². The van der Waals surface area contributed by atoms with Crippen molar-refractivity contribution >= 4 is 11.8 Å². The smallest absolute Gasteiger partial charge is 0.142 e. The second-order valence-electron chi connectivity index (χ2n) is 6.64. The van der Waals surface area contributed by atoms with E-state index in [4.69, 9.17) is 4.74 Å². The molecule has 2 nitrogen and oxygen atoms in total. The zero-order valence-corrected chi connectivity index (χ0v) is 18.6. The molecule has 0 amide bonds. The van der Waals surface area contributed by atoms with Crippen LogP contribution >= 0.6 is 11.8 Å². The number of unbranched alkanes of at least 4 members (excludes halogenated alkanes) is 2. The lowest BCUT2D eigenvalue weighted by Gasteiger charge is -2.24. The van der Waals surface area contributed by atoms with Crippen molar-refractivity contribution in [2.24, 2.45) is 0 Å². The predicted molar refractivity (Wildman–Crippen MR) is 121 cm³/mol. The summed E-state index contributed by atoms with van der Waals surface area (Å²) < 4.78 is 5.46. The molecule has 0 aromatic heterocycles. The van der Waals surface area contributed by atoms with E-state index in [9.17, 15) is 0 Å². The molecule has 0 spiro atoms. The lowest BCUT2D eigenvalue weighted by molar-refractivity contribution is 0.121. The molecule has 0 radical (unpaired) electrons. The van der Waals surface area contributed by atoms with Gasteiger partial charge in [0.05, 0.1) is 0 Å². The maximum absolute atomic E-state index is 5.46. The van der Waals surface area contributed by atoms with Gasteiger partial charge < -0.3 is 4.74 Å². The van der Waals surface area contributed by atoms with Crippen molar-refractivity contribution in [3.8, 4) is 5.75 Å². The van der Waals surface area contributed by atoms with Crippen LogP contribution in [0.4, 0.5) is 0 Å². The van der Waals surface area contributed by atoms with E-state index in [-0.39, 0.29) is 0 Å². The van der Waals surface area contributed by atoms with E-state index in [0.29, 0.717) is 6.73 Å². The maximum Gasteiger partial charge on any atom is 0.142 e. The number of benzene rings is 2. The summed E-state index contributed by atoms with van der Waals surface area (Å²) in [4.78, 5) is 3.58. The van der Waals surface area contributed by atoms with E-state index >= 15 is 0 Å². The van der Waals surface area contributed by atoms with Crippen LogP contribution in [0.3, 0.4) is 0 Å². The average Bonchev–Trinajstić information content (AvgIpc) is 2.70. The van der Waals surface area contributed by atoms with E-state index in [1.54, 1.807) is 0 Å². The molecule has 1 aliphatic rings. The Balaban J connectivity index is 0.000000219. The van der Waals surface area contributed by atoms with Crippen LogP contribution in [-0.4, -0.2) is 24.4 Å². The van der Waals surface area contributed by atoms with Crippen molar-refractivity contribution < 1.29 is 4.74 Å². The lowest BCUT2D eigenvalue weighted by Crippen LogP contribution is -2.27. The van der Waals surface area contributed by atoms with Gasteiger partial charge in [0, 0.05) is 17.0 Å². The number of aryl methyl sites for hydroxylation is 1. The van der Waals surface area contributed by atoms with Crippen LogP contribution in [-0.2, 0) is 13.0 Å². The molecule has 0 aliphatic carbocycles. The number of hydrogen-bond donors (Lipinski definition) is 0. The molecule has 0 saturated carbocycles. The maximum atomic E-state index is 5.46. The molecule has 0 fully saturated rings. The molecule has 2 aromatic rings. The number of ether oxygens (including phenoxy) is 1. The Hall–Kier alpha value is -1.45. The first-order valence-electron chi connectivity index (χ1n) is 10.3. The van der Waals surface area contributed by atoms with Gasteiger partial charge in [-0.05, 0) is 36.9 Å². The van der Waals surface area contributed by atoms with Gasteiger partial charge in [0.1, 0.15) is 12.5 Å². The summed E-state index contributed by atoms with van der Waals surface area (Å²) >= 11 is 1.93. The van der Waals surface area contributed by atoms with Crippen molar-refractivity contribution in [1.29, 1.82) is 0 Å². The van der Waals surface area contributed by atoms with E-state index in [0.717, 1.165) is 24.5 Å². The van der Waals surface area contributed by atoms with Gasteiger partial charge in [0.25, 0.3) is 0 Å². The summed E-state index contributed by atoms with van der Waals surface area (Å²) in [7, 11) is 2.05. The van der Waals surface area contributed by atoms with E-state index in [1.165, 1.54) is 35.3 Å². The zero-order chi connectivity index (χ0) is 19.9. The molecule has 150 valence electrons. The van der Waals surface area contributed by atoms with Crippen LogP contribution < -0.4 is 4.74 Å². The Morgan fingerprint density at radius 2 is 1.59 bits per heavy atom. The fraction of sp³-hybridized carbons (Fsp3) is 0.500. The summed E-state index contributed by atoms with van der Waals surface area (Å²) in [6, 6.07) is 16.8. The zero-order valence-electron chi connectivity index (χ0n) is 17.8. The molecule has 0 unspecified atom stereocenters. The van der Waals surface area contributed by atoms with Crippen LogP contribution in [0.5, 0.6) is 5.75 Å². The normalized spacial score (nSPS) is 12.6. The Morgan fingerprint density at radius 3 is 2.22 bits per heavy atom. The number of thioether (sulfide) groups is 1.